The van der Waals surface area contributed by atoms with Crippen LogP contribution in [-0.4, -0.2) is 24.2 Å². The van der Waals surface area contributed by atoms with E-state index < -0.39 is 0 Å². The molecule has 3 nitrogen and oxygen atoms in total. The van der Waals surface area contributed by atoms with E-state index in [2.05, 4.69) is 41.5 Å². The maximum atomic E-state index is 5.48. The second-order valence-electron chi connectivity index (χ2n) is 4.97. The van der Waals surface area contributed by atoms with Gasteiger partial charge in [-0.15, -0.1) is 0 Å². The number of ether oxygens (including phenoxy) is 1. The highest BCUT2D eigenvalue weighted by atomic mass is 16.5. The number of rotatable bonds is 2. The minimum atomic E-state index is 0.456. The van der Waals surface area contributed by atoms with Crippen molar-refractivity contribution in [3.63, 3.8) is 0 Å². The topological polar surface area (TPSA) is 34.1 Å². The molecule has 18 heavy (non-hydrogen) atoms. The first-order chi connectivity index (χ1) is 8.84. The summed E-state index contributed by atoms with van der Waals surface area (Å²) in [6.07, 6.45) is 2.92. The second-order valence-corrected chi connectivity index (χ2v) is 4.97. The van der Waals surface area contributed by atoms with Crippen LogP contribution in [0.15, 0.2) is 36.5 Å². The number of aromatic nitrogens is 1. The second kappa shape index (κ2) is 4.94. The van der Waals surface area contributed by atoms with Crippen LogP contribution in [0.1, 0.15) is 13.3 Å². The van der Waals surface area contributed by atoms with Crippen LogP contribution in [0.2, 0.25) is 0 Å². The molecule has 2 heterocycles. The van der Waals surface area contributed by atoms with Gasteiger partial charge in [0.15, 0.2) is 0 Å². The lowest BCUT2D eigenvalue weighted by atomic mass is 9.97. The van der Waals surface area contributed by atoms with E-state index in [1.807, 2.05) is 12.3 Å². The van der Waals surface area contributed by atoms with Gasteiger partial charge in [0.2, 0.25) is 0 Å². The summed E-state index contributed by atoms with van der Waals surface area (Å²) in [5.41, 5.74) is 0. The molecule has 2 unspecified atom stereocenters. The molecule has 0 amide bonds. The Bertz CT molecular complexity index is 536. The third kappa shape index (κ3) is 2.18. The zero-order chi connectivity index (χ0) is 12.4. The molecule has 1 aromatic carbocycles. The van der Waals surface area contributed by atoms with Crippen LogP contribution in [-0.2, 0) is 4.74 Å². The van der Waals surface area contributed by atoms with E-state index in [-0.39, 0.29) is 0 Å². The smallest absolute Gasteiger partial charge is 0.134 e. The fraction of sp³-hybridized carbons (Fsp3) is 0.400. The van der Waals surface area contributed by atoms with Gasteiger partial charge in [-0.05, 0) is 23.8 Å². The molecule has 2 aromatic rings. The highest BCUT2D eigenvalue weighted by molar-refractivity contribution is 5.91. The summed E-state index contributed by atoms with van der Waals surface area (Å²) in [5.74, 6) is 1.52. The fourth-order valence-electron chi connectivity index (χ4n) is 2.50. The van der Waals surface area contributed by atoms with Gasteiger partial charge in [-0.2, -0.15) is 0 Å². The molecule has 1 aliphatic rings. The Hall–Kier alpha value is -1.61. The van der Waals surface area contributed by atoms with E-state index >= 15 is 0 Å². The summed E-state index contributed by atoms with van der Waals surface area (Å²) >= 11 is 0. The van der Waals surface area contributed by atoms with E-state index in [1.165, 1.54) is 10.8 Å². The molecule has 1 N–H and O–H groups in total. The molecule has 1 saturated heterocycles. The molecule has 3 heteroatoms. The monoisotopic (exact) mass is 242 g/mol. The van der Waals surface area contributed by atoms with Gasteiger partial charge in [0.1, 0.15) is 5.82 Å². The molecular weight excluding hydrogens is 224 g/mol. The van der Waals surface area contributed by atoms with E-state index in [4.69, 9.17) is 4.74 Å². The first-order valence-electron chi connectivity index (χ1n) is 6.52. The summed E-state index contributed by atoms with van der Waals surface area (Å²) in [5, 5.41) is 6.01. The molecular formula is C15H18N2O. The van der Waals surface area contributed by atoms with Crippen molar-refractivity contribution < 1.29 is 4.74 Å². The summed E-state index contributed by atoms with van der Waals surface area (Å²) in [6.45, 7) is 3.90. The lowest BCUT2D eigenvalue weighted by molar-refractivity contribution is 0.0537. The maximum absolute atomic E-state index is 5.48. The zero-order valence-electron chi connectivity index (χ0n) is 10.6. The Kier molecular flexibility index (Phi) is 3.15. The Morgan fingerprint density at radius 2 is 2.17 bits per heavy atom. The van der Waals surface area contributed by atoms with Gasteiger partial charge in [0.25, 0.3) is 0 Å². The highest BCUT2D eigenvalue weighted by Gasteiger charge is 2.22. The number of anilines is 1. The van der Waals surface area contributed by atoms with Crippen molar-refractivity contribution in [2.45, 2.75) is 19.4 Å². The standard InChI is InChI=1S/C15H18N2O/c1-11-10-18-9-7-14(11)17-15-13-5-3-2-4-12(13)6-8-16-15/h2-6,8,11,14H,7,9-10H2,1H3,(H,16,17). The van der Waals surface area contributed by atoms with Crippen molar-refractivity contribution in [1.29, 1.82) is 0 Å². The fourth-order valence-corrected chi connectivity index (χ4v) is 2.50. The minimum absolute atomic E-state index is 0.456. The number of nitrogens with zero attached hydrogens (tertiary/aromatic N) is 1. The molecule has 3 rings (SSSR count). The molecule has 94 valence electrons. The normalized spacial score (nSPS) is 24.1. The number of hydrogen-bond donors (Lipinski definition) is 1. The highest BCUT2D eigenvalue weighted by Crippen LogP contribution is 2.24. The van der Waals surface area contributed by atoms with Crippen molar-refractivity contribution in [3.8, 4) is 0 Å². The van der Waals surface area contributed by atoms with Crippen LogP contribution in [0, 0.1) is 5.92 Å². The summed E-state index contributed by atoms with van der Waals surface area (Å²) < 4.78 is 5.48. The molecule has 1 aliphatic heterocycles. The van der Waals surface area contributed by atoms with Crippen LogP contribution in [0.25, 0.3) is 10.8 Å². The van der Waals surface area contributed by atoms with Crippen molar-refractivity contribution in [1.82, 2.24) is 4.98 Å². The zero-order valence-corrected chi connectivity index (χ0v) is 10.6. The average Bonchev–Trinajstić information content (AvgIpc) is 2.42. The van der Waals surface area contributed by atoms with Gasteiger partial charge in [0.05, 0.1) is 6.61 Å². The summed E-state index contributed by atoms with van der Waals surface area (Å²) in [4.78, 5) is 4.48. The number of pyridine rings is 1. The van der Waals surface area contributed by atoms with E-state index in [0.29, 0.717) is 12.0 Å². The van der Waals surface area contributed by atoms with Crippen molar-refractivity contribution in [2.24, 2.45) is 5.92 Å². The van der Waals surface area contributed by atoms with Gasteiger partial charge in [0, 0.05) is 24.2 Å². The molecule has 0 saturated carbocycles. The van der Waals surface area contributed by atoms with Crippen molar-refractivity contribution in [2.75, 3.05) is 18.5 Å². The third-order valence-corrected chi connectivity index (χ3v) is 3.64. The molecule has 0 spiro atoms. The van der Waals surface area contributed by atoms with E-state index in [9.17, 15) is 0 Å². The predicted molar refractivity (Wildman–Crippen MR) is 73.8 cm³/mol. The molecule has 0 radical (unpaired) electrons. The Balaban J connectivity index is 1.90. The van der Waals surface area contributed by atoms with Crippen molar-refractivity contribution in [3.05, 3.63) is 36.5 Å². The van der Waals surface area contributed by atoms with Gasteiger partial charge < -0.3 is 10.1 Å². The van der Waals surface area contributed by atoms with Gasteiger partial charge in [-0.25, -0.2) is 4.98 Å². The number of hydrogen-bond acceptors (Lipinski definition) is 3. The Morgan fingerprint density at radius 3 is 3.06 bits per heavy atom. The predicted octanol–water partition coefficient (Wildman–Crippen LogP) is 3.07. The molecule has 0 bridgehead atoms. The van der Waals surface area contributed by atoms with Crippen molar-refractivity contribution >= 4 is 16.6 Å². The number of fused-ring (bicyclic) bond motifs is 1. The Morgan fingerprint density at radius 1 is 1.28 bits per heavy atom. The lowest BCUT2D eigenvalue weighted by Gasteiger charge is -2.30. The maximum Gasteiger partial charge on any atom is 0.134 e. The molecule has 1 aromatic heterocycles. The van der Waals surface area contributed by atoms with Gasteiger partial charge in [-0.1, -0.05) is 31.2 Å². The summed E-state index contributed by atoms with van der Waals surface area (Å²) in [6, 6.07) is 10.9. The van der Waals surface area contributed by atoms with E-state index in [1.54, 1.807) is 0 Å². The van der Waals surface area contributed by atoms with Crippen LogP contribution >= 0.6 is 0 Å². The average molecular weight is 242 g/mol. The third-order valence-electron chi connectivity index (χ3n) is 3.64. The van der Waals surface area contributed by atoms with Gasteiger partial charge in [-0.3, -0.25) is 0 Å². The van der Waals surface area contributed by atoms with Crippen LogP contribution in [0.5, 0.6) is 0 Å². The van der Waals surface area contributed by atoms with Crippen LogP contribution in [0.4, 0.5) is 5.82 Å². The number of nitrogens with one attached hydrogen (secondary N) is 1. The molecule has 0 aliphatic carbocycles. The lowest BCUT2D eigenvalue weighted by Crippen LogP contribution is -2.36. The summed E-state index contributed by atoms with van der Waals surface area (Å²) in [7, 11) is 0. The largest absolute Gasteiger partial charge is 0.381 e. The SMILES string of the molecule is CC1COCCC1Nc1nccc2ccccc12. The molecule has 2 atom stereocenters. The van der Waals surface area contributed by atoms with Crippen LogP contribution < -0.4 is 5.32 Å². The van der Waals surface area contributed by atoms with Gasteiger partial charge >= 0.3 is 0 Å². The quantitative estimate of drug-likeness (QED) is 0.878. The van der Waals surface area contributed by atoms with E-state index in [0.717, 1.165) is 25.5 Å². The first-order valence-corrected chi connectivity index (χ1v) is 6.52. The first kappa shape index (κ1) is 11.5. The minimum Gasteiger partial charge on any atom is -0.381 e. The number of benzene rings is 1. The Labute approximate surface area is 107 Å². The van der Waals surface area contributed by atoms with Crippen LogP contribution in [0.3, 0.4) is 0 Å². The molecule has 1 fully saturated rings.